The van der Waals surface area contributed by atoms with Crippen molar-refractivity contribution in [3.05, 3.63) is 72.2 Å². The Balaban J connectivity index is 1.56. The van der Waals surface area contributed by atoms with Crippen molar-refractivity contribution in [2.24, 2.45) is 0 Å². The van der Waals surface area contributed by atoms with Crippen molar-refractivity contribution in [3.63, 3.8) is 0 Å². The van der Waals surface area contributed by atoms with Gasteiger partial charge in [0.1, 0.15) is 17.7 Å². The Morgan fingerprint density at radius 2 is 2.07 bits per heavy atom. The van der Waals surface area contributed by atoms with Gasteiger partial charge in [-0.2, -0.15) is 14.7 Å². The van der Waals surface area contributed by atoms with Crippen LogP contribution in [-0.2, 0) is 6.42 Å². The molecule has 136 valence electrons. The number of halogens is 1. The van der Waals surface area contributed by atoms with Crippen LogP contribution in [0.1, 0.15) is 11.4 Å². The molecule has 4 heterocycles. The molecule has 1 N–H and O–H groups in total. The molecule has 0 saturated carbocycles. The highest BCUT2D eigenvalue weighted by atomic mass is 19.1. The Labute approximate surface area is 157 Å². The average Bonchev–Trinajstić information content (AvgIpc) is 3.35. The standard InChI is InChI=1S/C19H13FN8/c20-15-7-12(6-13-2-1-5-22-19(13)15)8-18-25-24-17-4-3-16(26-28(17)18)14-9-23-27(10-14)11-21/h1-7,9-11,21H,8H2. The van der Waals surface area contributed by atoms with Crippen LogP contribution in [0, 0.1) is 11.2 Å². The molecule has 0 fully saturated rings. The molecule has 0 aliphatic rings. The minimum atomic E-state index is -0.366. The Kier molecular flexibility index (Phi) is 3.64. The first-order valence-corrected chi connectivity index (χ1v) is 8.51. The third-order valence-corrected chi connectivity index (χ3v) is 4.44. The first-order valence-electron chi connectivity index (χ1n) is 8.51. The van der Waals surface area contributed by atoms with Crippen LogP contribution in [0.15, 0.2) is 55.0 Å². The molecular formula is C19H13FN8. The molecule has 28 heavy (non-hydrogen) atoms. The second kappa shape index (κ2) is 6.31. The minimum Gasteiger partial charge on any atom is -0.289 e. The zero-order valence-corrected chi connectivity index (χ0v) is 14.5. The van der Waals surface area contributed by atoms with E-state index in [1.54, 1.807) is 29.2 Å². The predicted molar refractivity (Wildman–Crippen MR) is 101 cm³/mol. The summed E-state index contributed by atoms with van der Waals surface area (Å²) in [6, 6.07) is 10.6. The number of nitrogens with one attached hydrogen (secondary N) is 1. The lowest BCUT2D eigenvalue weighted by molar-refractivity contribution is 0.634. The fourth-order valence-electron chi connectivity index (χ4n) is 3.13. The molecule has 0 aliphatic carbocycles. The summed E-state index contributed by atoms with van der Waals surface area (Å²) in [6.45, 7) is 0. The topological polar surface area (TPSA) is 97.6 Å². The predicted octanol–water partition coefficient (Wildman–Crippen LogP) is 2.72. The number of nitrogens with zero attached hydrogens (tertiary/aromatic N) is 7. The first kappa shape index (κ1) is 16.2. The van der Waals surface area contributed by atoms with E-state index in [1.807, 2.05) is 24.3 Å². The van der Waals surface area contributed by atoms with Crippen LogP contribution in [0.4, 0.5) is 4.39 Å². The van der Waals surface area contributed by atoms with Gasteiger partial charge in [0.05, 0.1) is 11.9 Å². The molecule has 0 radical (unpaired) electrons. The second-order valence-electron chi connectivity index (χ2n) is 6.27. The summed E-state index contributed by atoms with van der Waals surface area (Å²) in [5, 5.41) is 25.0. The summed E-state index contributed by atoms with van der Waals surface area (Å²) in [6.07, 6.45) is 6.39. The molecule has 0 saturated heterocycles. The van der Waals surface area contributed by atoms with Gasteiger partial charge in [0.15, 0.2) is 11.5 Å². The lowest BCUT2D eigenvalue weighted by Gasteiger charge is -2.04. The van der Waals surface area contributed by atoms with Gasteiger partial charge in [-0.25, -0.2) is 9.07 Å². The number of aromatic nitrogens is 7. The van der Waals surface area contributed by atoms with E-state index >= 15 is 0 Å². The van der Waals surface area contributed by atoms with Crippen molar-refractivity contribution in [1.82, 2.24) is 34.6 Å². The maximum atomic E-state index is 14.4. The number of benzene rings is 1. The third-order valence-electron chi connectivity index (χ3n) is 4.44. The monoisotopic (exact) mass is 372 g/mol. The first-order chi connectivity index (χ1) is 13.7. The summed E-state index contributed by atoms with van der Waals surface area (Å²) in [7, 11) is 0. The van der Waals surface area contributed by atoms with Gasteiger partial charge in [-0.15, -0.1) is 10.2 Å². The summed E-state index contributed by atoms with van der Waals surface area (Å²) >= 11 is 0. The molecule has 0 spiro atoms. The number of pyridine rings is 1. The number of hydrogen-bond donors (Lipinski definition) is 1. The van der Waals surface area contributed by atoms with E-state index in [-0.39, 0.29) is 5.82 Å². The van der Waals surface area contributed by atoms with E-state index in [0.29, 0.717) is 29.1 Å². The van der Waals surface area contributed by atoms with Gasteiger partial charge >= 0.3 is 0 Å². The third kappa shape index (κ3) is 2.69. The zero-order chi connectivity index (χ0) is 19.1. The van der Waals surface area contributed by atoms with Crippen molar-refractivity contribution < 1.29 is 4.39 Å². The number of hydrogen-bond acceptors (Lipinski definition) is 6. The van der Waals surface area contributed by atoms with Crippen molar-refractivity contribution in [2.75, 3.05) is 0 Å². The van der Waals surface area contributed by atoms with E-state index in [2.05, 4.69) is 25.4 Å². The molecule has 0 aliphatic heterocycles. The van der Waals surface area contributed by atoms with Crippen molar-refractivity contribution in [2.45, 2.75) is 6.42 Å². The molecule has 0 unspecified atom stereocenters. The minimum absolute atomic E-state index is 0.348. The normalized spacial score (nSPS) is 11.3. The molecule has 9 heteroatoms. The van der Waals surface area contributed by atoms with Crippen LogP contribution in [0.5, 0.6) is 0 Å². The highest BCUT2D eigenvalue weighted by molar-refractivity contribution is 5.79. The Morgan fingerprint density at radius 1 is 1.14 bits per heavy atom. The second-order valence-corrected chi connectivity index (χ2v) is 6.27. The smallest absolute Gasteiger partial charge is 0.177 e. The maximum Gasteiger partial charge on any atom is 0.177 e. The van der Waals surface area contributed by atoms with Crippen LogP contribution in [0.2, 0.25) is 0 Å². The zero-order valence-electron chi connectivity index (χ0n) is 14.5. The molecule has 0 amide bonds. The molecular weight excluding hydrogens is 359 g/mol. The van der Waals surface area contributed by atoms with E-state index in [9.17, 15) is 4.39 Å². The van der Waals surface area contributed by atoms with Gasteiger partial charge in [-0.05, 0) is 35.9 Å². The van der Waals surface area contributed by atoms with E-state index in [0.717, 1.165) is 22.9 Å². The van der Waals surface area contributed by atoms with E-state index < -0.39 is 0 Å². The SMILES string of the molecule is N=Cn1cc(-c2ccc3nnc(Cc4cc(F)c5ncccc5c4)n3n2)cn1. The largest absolute Gasteiger partial charge is 0.289 e. The Bertz CT molecular complexity index is 1340. The van der Waals surface area contributed by atoms with Gasteiger partial charge in [0.2, 0.25) is 0 Å². The maximum absolute atomic E-state index is 14.4. The average molecular weight is 372 g/mol. The van der Waals surface area contributed by atoms with Crippen LogP contribution < -0.4 is 0 Å². The molecule has 8 nitrogen and oxygen atoms in total. The van der Waals surface area contributed by atoms with Crippen LogP contribution >= 0.6 is 0 Å². The highest BCUT2D eigenvalue weighted by Crippen LogP contribution is 2.21. The molecule has 1 aromatic carbocycles. The molecule has 0 bridgehead atoms. The summed E-state index contributed by atoms with van der Waals surface area (Å²) in [5.41, 5.74) is 3.15. The summed E-state index contributed by atoms with van der Waals surface area (Å²) < 4.78 is 17.4. The van der Waals surface area contributed by atoms with Crippen LogP contribution in [0.3, 0.4) is 0 Å². The Morgan fingerprint density at radius 3 is 2.93 bits per heavy atom. The van der Waals surface area contributed by atoms with Gasteiger partial charge in [0.25, 0.3) is 0 Å². The molecule has 5 aromatic rings. The van der Waals surface area contributed by atoms with Crippen molar-refractivity contribution >= 4 is 22.9 Å². The van der Waals surface area contributed by atoms with Crippen molar-refractivity contribution in [3.8, 4) is 11.3 Å². The van der Waals surface area contributed by atoms with Crippen LogP contribution in [-0.4, -0.2) is 40.9 Å². The number of fused-ring (bicyclic) bond motifs is 2. The van der Waals surface area contributed by atoms with Gasteiger partial charge < -0.3 is 0 Å². The van der Waals surface area contributed by atoms with Gasteiger partial charge in [-0.1, -0.05) is 6.07 Å². The van der Waals surface area contributed by atoms with Gasteiger partial charge in [-0.3, -0.25) is 10.4 Å². The van der Waals surface area contributed by atoms with Crippen LogP contribution in [0.25, 0.3) is 27.8 Å². The lowest BCUT2D eigenvalue weighted by Crippen LogP contribution is -2.02. The van der Waals surface area contributed by atoms with E-state index in [4.69, 9.17) is 5.41 Å². The lowest BCUT2D eigenvalue weighted by atomic mass is 10.1. The fourth-order valence-corrected chi connectivity index (χ4v) is 3.13. The summed E-state index contributed by atoms with van der Waals surface area (Å²) in [5.74, 6) is 0.230. The highest BCUT2D eigenvalue weighted by Gasteiger charge is 2.12. The fraction of sp³-hybridized carbons (Fsp3) is 0.0526. The quantitative estimate of drug-likeness (QED) is 0.386. The molecule has 0 atom stereocenters. The molecule has 5 rings (SSSR count). The number of rotatable bonds is 4. The molecule has 4 aromatic heterocycles. The Hall–Kier alpha value is -4.01. The van der Waals surface area contributed by atoms with E-state index in [1.165, 1.54) is 10.7 Å². The summed E-state index contributed by atoms with van der Waals surface area (Å²) in [4.78, 5) is 4.08. The van der Waals surface area contributed by atoms with Gasteiger partial charge in [0, 0.05) is 29.8 Å². The van der Waals surface area contributed by atoms with Crippen molar-refractivity contribution in [1.29, 1.82) is 5.41 Å².